The second-order valence-corrected chi connectivity index (χ2v) is 7.94. The van der Waals surface area contributed by atoms with Crippen molar-refractivity contribution in [3.63, 3.8) is 0 Å². The molecule has 2 rings (SSSR count). The van der Waals surface area contributed by atoms with Crippen molar-refractivity contribution in [2.75, 3.05) is 26.7 Å². The molecule has 1 aliphatic heterocycles. The smallest absolute Gasteiger partial charge is 0.244 e. The summed E-state index contributed by atoms with van der Waals surface area (Å²) in [7, 11) is -2.37. The largest absolute Gasteiger partial charge is 0.495 e. The number of carbonyl (C=O) groups is 1. The summed E-state index contributed by atoms with van der Waals surface area (Å²) in [6, 6.07) is 3.27. The number of carbonyl (C=O) groups excluding carboxylic acids is 1. The van der Waals surface area contributed by atoms with E-state index in [4.69, 9.17) is 4.74 Å². The lowest BCUT2D eigenvalue weighted by atomic mass is 10.1. The van der Waals surface area contributed by atoms with Gasteiger partial charge in [0.1, 0.15) is 10.6 Å². The van der Waals surface area contributed by atoms with Gasteiger partial charge in [-0.1, -0.05) is 12.8 Å². The highest BCUT2D eigenvalue weighted by molar-refractivity contribution is 7.89. The first-order valence-corrected chi connectivity index (χ1v) is 9.76. The van der Waals surface area contributed by atoms with Crippen molar-refractivity contribution in [3.8, 4) is 5.75 Å². The van der Waals surface area contributed by atoms with Crippen molar-refractivity contribution in [2.45, 2.75) is 44.4 Å². The van der Waals surface area contributed by atoms with Gasteiger partial charge in [-0.3, -0.25) is 4.79 Å². The molecule has 0 aromatic heterocycles. The first kappa shape index (κ1) is 18.7. The summed E-state index contributed by atoms with van der Waals surface area (Å²) in [6.45, 7) is 4.92. The number of hydrogen-bond donors (Lipinski definition) is 1. The van der Waals surface area contributed by atoms with E-state index in [1.54, 1.807) is 17.0 Å². The van der Waals surface area contributed by atoms with Crippen LogP contribution in [0.3, 0.4) is 0 Å². The molecule has 134 valence electrons. The number of hydrogen-bond acceptors (Lipinski definition) is 4. The van der Waals surface area contributed by atoms with Crippen molar-refractivity contribution < 1.29 is 17.9 Å². The first-order chi connectivity index (χ1) is 11.3. The van der Waals surface area contributed by atoms with Gasteiger partial charge in [0.25, 0.3) is 0 Å². The third-order valence-electron chi connectivity index (χ3n) is 4.44. The Morgan fingerprint density at radius 3 is 2.29 bits per heavy atom. The van der Waals surface area contributed by atoms with Crippen LogP contribution in [0, 0.1) is 13.8 Å². The number of sulfonamides is 1. The van der Waals surface area contributed by atoms with Crippen LogP contribution in [0.4, 0.5) is 0 Å². The standard InChI is InChI=1S/C17H26N2O4S/c1-13-10-15(23-3)16(11-14(13)2)24(21,22)18-12-17(20)19-8-6-4-5-7-9-19/h10-11,18H,4-9,12H2,1-3H3. The molecule has 0 radical (unpaired) electrons. The normalized spacial score (nSPS) is 15.9. The van der Waals surface area contributed by atoms with Gasteiger partial charge in [-0.25, -0.2) is 13.1 Å². The van der Waals surface area contributed by atoms with E-state index in [9.17, 15) is 13.2 Å². The quantitative estimate of drug-likeness (QED) is 0.877. The van der Waals surface area contributed by atoms with Crippen LogP contribution in [0.1, 0.15) is 36.8 Å². The van der Waals surface area contributed by atoms with Crippen LogP contribution >= 0.6 is 0 Å². The van der Waals surface area contributed by atoms with Gasteiger partial charge in [0.15, 0.2) is 0 Å². The molecule has 1 aromatic carbocycles. The van der Waals surface area contributed by atoms with Gasteiger partial charge in [0.05, 0.1) is 13.7 Å². The Kier molecular flexibility index (Phi) is 6.23. The summed E-state index contributed by atoms with van der Waals surface area (Å²) in [5.41, 5.74) is 1.81. The summed E-state index contributed by atoms with van der Waals surface area (Å²) in [6.07, 6.45) is 4.19. The Morgan fingerprint density at radius 2 is 1.71 bits per heavy atom. The zero-order valence-electron chi connectivity index (χ0n) is 14.6. The predicted octanol–water partition coefficient (Wildman–Crippen LogP) is 1.99. The van der Waals surface area contributed by atoms with E-state index in [0.29, 0.717) is 13.1 Å². The highest BCUT2D eigenvalue weighted by Crippen LogP contribution is 2.27. The molecule has 1 heterocycles. The molecule has 1 amide bonds. The lowest BCUT2D eigenvalue weighted by Crippen LogP contribution is -2.40. The van der Waals surface area contributed by atoms with Crippen molar-refractivity contribution in [2.24, 2.45) is 0 Å². The molecule has 1 aromatic rings. The van der Waals surface area contributed by atoms with E-state index < -0.39 is 10.0 Å². The minimum absolute atomic E-state index is 0.0665. The molecule has 1 N–H and O–H groups in total. The Hall–Kier alpha value is -1.60. The molecule has 6 nitrogen and oxygen atoms in total. The molecule has 0 atom stereocenters. The minimum atomic E-state index is -3.81. The number of nitrogens with zero attached hydrogens (tertiary/aromatic N) is 1. The van der Waals surface area contributed by atoms with Crippen molar-refractivity contribution in [1.82, 2.24) is 9.62 Å². The fourth-order valence-corrected chi connectivity index (χ4v) is 4.01. The number of nitrogens with one attached hydrogen (secondary N) is 1. The number of aryl methyl sites for hydroxylation is 2. The molecule has 0 bridgehead atoms. The molecule has 7 heteroatoms. The summed E-state index contributed by atoms with van der Waals surface area (Å²) in [5.74, 6) is 0.107. The van der Waals surface area contributed by atoms with E-state index >= 15 is 0 Å². The Bertz CT molecular complexity index is 693. The summed E-state index contributed by atoms with van der Waals surface area (Å²) in [4.78, 5) is 14.1. The highest BCUT2D eigenvalue weighted by atomic mass is 32.2. The van der Waals surface area contributed by atoms with Gasteiger partial charge >= 0.3 is 0 Å². The lowest BCUT2D eigenvalue weighted by molar-refractivity contribution is -0.129. The molecular weight excluding hydrogens is 328 g/mol. The average Bonchev–Trinajstić information content (AvgIpc) is 2.84. The zero-order valence-corrected chi connectivity index (χ0v) is 15.4. The average molecular weight is 354 g/mol. The third kappa shape index (κ3) is 4.48. The fraction of sp³-hybridized carbons (Fsp3) is 0.588. The molecule has 0 unspecified atom stereocenters. The predicted molar refractivity (Wildman–Crippen MR) is 92.7 cm³/mol. The number of rotatable bonds is 5. The van der Waals surface area contributed by atoms with Crippen LogP contribution in [0.5, 0.6) is 5.75 Å². The monoisotopic (exact) mass is 354 g/mol. The summed E-state index contributed by atoms with van der Waals surface area (Å²) < 4.78 is 32.7. The van der Waals surface area contributed by atoms with E-state index in [1.165, 1.54) is 7.11 Å². The Morgan fingerprint density at radius 1 is 1.12 bits per heavy atom. The lowest BCUT2D eigenvalue weighted by Gasteiger charge is -2.20. The second kappa shape index (κ2) is 7.98. The maximum atomic E-state index is 12.6. The molecule has 1 saturated heterocycles. The Labute approximate surface area is 144 Å². The number of amides is 1. The van der Waals surface area contributed by atoms with Gasteiger partial charge in [0, 0.05) is 13.1 Å². The maximum Gasteiger partial charge on any atom is 0.244 e. The summed E-state index contributed by atoms with van der Waals surface area (Å²) >= 11 is 0. The van der Waals surface area contributed by atoms with Gasteiger partial charge < -0.3 is 9.64 Å². The van der Waals surface area contributed by atoms with Crippen LogP contribution in [0.25, 0.3) is 0 Å². The molecule has 24 heavy (non-hydrogen) atoms. The minimum Gasteiger partial charge on any atom is -0.495 e. The fourth-order valence-electron chi connectivity index (χ4n) is 2.80. The van der Waals surface area contributed by atoms with Crippen LogP contribution in [0.2, 0.25) is 0 Å². The maximum absolute atomic E-state index is 12.6. The number of likely N-dealkylation sites (tertiary alicyclic amines) is 1. The zero-order chi connectivity index (χ0) is 17.7. The van der Waals surface area contributed by atoms with E-state index in [-0.39, 0.29) is 23.1 Å². The van der Waals surface area contributed by atoms with Crippen molar-refractivity contribution >= 4 is 15.9 Å². The van der Waals surface area contributed by atoms with E-state index in [1.807, 2.05) is 13.8 Å². The van der Waals surface area contributed by atoms with Gasteiger partial charge in [-0.15, -0.1) is 0 Å². The Balaban J connectivity index is 2.11. The van der Waals surface area contributed by atoms with Gasteiger partial charge in [-0.2, -0.15) is 0 Å². The van der Waals surface area contributed by atoms with E-state index in [0.717, 1.165) is 36.8 Å². The third-order valence-corrected chi connectivity index (χ3v) is 5.86. The molecule has 1 fully saturated rings. The number of methoxy groups -OCH3 is 1. The topological polar surface area (TPSA) is 75.7 Å². The van der Waals surface area contributed by atoms with E-state index in [2.05, 4.69) is 4.72 Å². The van der Waals surface area contributed by atoms with Crippen LogP contribution in [-0.4, -0.2) is 46.0 Å². The van der Waals surface area contributed by atoms with Crippen molar-refractivity contribution in [1.29, 1.82) is 0 Å². The molecule has 1 aliphatic rings. The summed E-state index contributed by atoms with van der Waals surface area (Å²) in [5, 5.41) is 0. The molecule has 0 aliphatic carbocycles. The first-order valence-electron chi connectivity index (χ1n) is 8.28. The second-order valence-electron chi connectivity index (χ2n) is 6.21. The molecule has 0 spiro atoms. The molecular formula is C17H26N2O4S. The van der Waals surface area contributed by atoms with Crippen LogP contribution in [-0.2, 0) is 14.8 Å². The number of benzene rings is 1. The highest BCUT2D eigenvalue weighted by Gasteiger charge is 2.23. The van der Waals surface area contributed by atoms with Gasteiger partial charge in [0.2, 0.25) is 15.9 Å². The van der Waals surface area contributed by atoms with Crippen LogP contribution in [0.15, 0.2) is 17.0 Å². The van der Waals surface area contributed by atoms with Crippen LogP contribution < -0.4 is 9.46 Å². The van der Waals surface area contributed by atoms with Gasteiger partial charge in [-0.05, 0) is 49.9 Å². The van der Waals surface area contributed by atoms with Crippen molar-refractivity contribution in [3.05, 3.63) is 23.3 Å². The number of ether oxygens (including phenoxy) is 1. The molecule has 0 saturated carbocycles. The SMILES string of the molecule is COc1cc(C)c(C)cc1S(=O)(=O)NCC(=O)N1CCCCCC1.